The Morgan fingerprint density at radius 3 is 2.53 bits per heavy atom. The third kappa shape index (κ3) is 5.60. The van der Waals surface area contributed by atoms with Crippen molar-refractivity contribution in [1.29, 1.82) is 0 Å². The molecule has 6 nitrogen and oxygen atoms in total. The van der Waals surface area contributed by atoms with Gasteiger partial charge in [-0.05, 0) is 61.9 Å². The second-order valence-corrected chi connectivity index (χ2v) is 7.85. The van der Waals surface area contributed by atoms with Crippen LogP contribution in [0, 0.1) is 5.82 Å². The number of rotatable bonds is 7. The minimum absolute atomic E-state index is 0.0878. The van der Waals surface area contributed by atoms with E-state index in [1.807, 2.05) is 13.8 Å². The van der Waals surface area contributed by atoms with Gasteiger partial charge in [0.15, 0.2) is 5.17 Å². The quantitative estimate of drug-likeness (QED) is 0.699. The molecule has 2 amide bonds. The molecule has 0 bridgehead atoms. The molecule has 1 aliphatic rings. The minimum Gasteiger partial charge on any atom is -0.494 e. The fourth-order valence-electron chi connectivity index (χ4n) is 2.86. The molecule has 8 heteroatoms. The summed E-state index contributed by atoms with van der Waals surface area (Å²) in [7, 11) is 0. The molecular weight excluding hydrogens is 405 g/mol. The van der Waals surface area contributed by atoms with Crippen LogP contribution < -0.4 is 10.1 Å². The summed E-state index contributed by atoms with van der Waals surface area (Å²) < 4.78 is 18.7. The Morgan fingerprint density at radius 2 is 1.90 bits per heavy atom. The molecular formula is C22H24FN3O3S. The van der Waals surface area contributed by atoms with Crippen LogP contribution in [0.3, 0.4) is 0 Å². The van der Waals surface area contributed by atoms with Crippen molar-refractivity contribution in [2.75, 3.05) is 18.5 Å². The number of ether oxygens (including phenoxy) is 1. The lowest BCUT2D eigenvalue weighted by molar-refractivity contribution is -0.129. The number of hydrogen-bond acceptors (Lipinski definition) is 5. The average Bonchev–Trinajstić information content (AvgIpc) is 2.74. The molecule has 0 saturated carbocycles. The van der Waals surface area contributed by atoms with Gasteiger partial charge in [0.05, 0.1) is 12.3 Å². The van der Waals surface area contributed by atoms with Crippen LogP contribution in [-0.2, 0) is 9.59 Å². The van der Waals surface area contributed by atoms with Gasteiger partial charge in [-0.25, -0.2) is 9.38 Å². The van der Waals surface area contributed by atoms with Crippen molar-refractivity contribution in [3.05, 3.63) is 54.3 Å². The number of amides is 2. The maximum Gasteiger partial charge on any atom is 0.238 e. The Morgan fingerprint density at radius 1 is 1.20 bits per heavy atom. The number of nitrogens with zero attached hydrogens (tertiary/aromatic N) is 2. The standard InChI is InChI=1S/C22H24FN3O3S/c1-3-13-29-18-11-9-16(10-12-18)24-21(28)19-14-20(27)26(4-2)22(30-19)25-17-7-5-15(23)6-8-17/h5-12,19H,3-4,13-14H2,1-2H3,(H,24,28)/t19-/m1/s1. The molecule has 1 fully saturated rings. The van der Waals surface area contributed by atoms with Gasteiger partial charge >= 0.3 is 0 Å². The Bertz CT molecular complexity index is 916. The second kappa shape index (κ2) is 10.2. The summed E-state index contributed by atoms with van der Waals surface area (Å²) in [6.45, 7) is 4.96. The first-order valence-corrected chi connectivity index (χ1v) is 10.7. The topological polar surface area (TPSA) is 71.0 Å². The third-order valence-electron chi connectivity index (χ3n) is 4.39. The Kier molecular flexibility index (Phi) is 7.46. The van der Waals surface area contributed by atoms with E-state index in [1.165, 1.54) is 40.9 Å². The number of carbonyl (C=O) groups is 2. The van der Waals surface area contributed by atoms with E-state index < -0.39 is 5.25 Å². The molecule has 1 saturated heterocycles. The Labute approximate surface area is 179 Å². The van der Waals surface area contributed by atoms with Crippen molar-refractivity contribution in [3.8, 4) is 5.75 Å². The molecule has 2 aromatic carbocycles. The molecule has 30 heavy (non-hydrogen) atoms. The van der Waals surface area contributed by atoms with Crippen LogP contribution in [0.25, 0.3) is 0 Å². The molecule has 0 radical (unpaired) electrons. The van der Waals surface area contributed by atoms with Crippen LogP contribution >= 0.6 is 11.8 Å². The number of halogens is 1. The number of benzene rings is 2. The summed E-state index contributed by atoms with van der Waals surface area (Å²) in [6.07, 6.45) is 1.01. The fraction of sp³-hybridized carbons (Fsp3) is 0.318. The smallest absolute Gasteiger partial charge is 0.238 e. The van der Waals surface area contributed by atoms with Crippen LogP contribution in [-0.4, -0.2) is 40.3 Å². The van der Waals surface area contributed by atoms with Gasteiger partial charge in [0.2, 0.25) is 11.8 Å². The number of nitrogens with one attached hydrogen (secondary N) is 1. The van der Waals surface area contributed by atoms with Crippen molar-refractivity contribution >= 4 is 40.1 Å². The molecule has 2 aromatic rings. The van der Waals surface area contributed by atoms with Gasteiger partial charge in [-0.1, -0.05) is 18.7 Å². The normalized spacial score (nSPS) is 17.8. The van der Waals surface area contributed by atoms with Gasteiger partial charge in [0, 0.05) is 18.7 Å². The van der Waals surface area contributed by atoms with E-state index in [4.69, 9.17) is 4.74 Å². The summed E-state index contributed by atoms with van der Waals surface area (Å²) in [5, 5.41) is 2.68. The number of aliphatic imine (C=N–C) groups is 1. The van der Waals surface area contributed by atoms with Crippen molar-refractivity contribution < 1.29 is 18.7 Å². The van der Waals surface area contributed by atoms with E-state index in [1.54, 1.807) is 24.3 Å². The molecule has 1 N–H and O–H groups in total. The monoisotopic (exact) mass is 429 g/mol. The minimum atomic E-state index is -0.601. The highest BCUT2D eigenvalue weighted by Crippen LogP contribution is 2.30. The number of hydrogen-bond donors (Lipinski definition) is 1. The molecule has 1 aliphatic heterocycles. The SMILES string of the molecule is CCCOc1ccc(NC(=O)[C@H]2CC(=O)N(CC)C(=Nc3ccc(F)cc3)S2)cc1. The lowest BCUT2D eigenvalue weighted by Gasteiger charge is -2.30. The van der Waals surface area contributed by atoms with E-state index in [2.05, 4.69) is 10.3 Å². The maximum atomic E-state index is 13.2. The van der Waals surface area contributed by atoms with Crippen LogP contribution in [0.2, 0.25) is 0 Å². The molecule has 1 heterocycles. The van der Waals surface area contributed by atoms with E-state index in [0.29, 0.717) is 29.7 Å². The predicted molar refractivity (Wildman–Crippen MR) is 118 cm³/mol. The van der Waals surface area contributed by atoms with E-state index in [9.17, 15) is 14.0 Å². The largest absolute Gasteiger partial charge is 0.494 e. The first-order chi connectivity index (χ1) is 14.5. The zero-order valence-corrected chi connectivity index (χ0v) is 17.7. The summed E-state index contributed by atoms with van der Waals surface area (Å²) in [5.41, 5.74) is 1.15. The second-order valence-electron chi connectivity index (χ2n) is 6.68. The number of amidine groups is 1. The lowest BCUT2D eigenvalue weighted by Crippen LogP contribution is -2.45. The van der Waals surface area contributed by atoms with Crippen LogP contribution in [0.1, 0.15) is 26.7 Å². The van der Waals surface area contributed by atoms with Crippen molar-refractivity contribution in [2.45, 2.75) is 31.9 Å². The first kappa shape index (κ1) is 21.8. The van der Waals surface area contributed by atoms with Crippen molar-refractivity contribution in [2.24, 2.45) is 4.99 Å². The summed E-state index contributed by atoms with van der Waals surface area (Å²) >= 11 is 1.23. The van der Waals surface area contributed by atoms with Gasteiger partial charge in [-0.3, -0.25) is 14.5 Å². The first-order valence-electron chi connectivity index (χ1n) is 9.85. The van der Waals surface area contributed by atoms with Gasteiger partial charge < -0.3 is 10.1 Å². The van der Waals surface area contributed by atoms with Crippen LogP contribution in [0.15, 0.2) is 53.5 Å². The van der Waals surface area contributed by atoms with Gasteiger partial charge in [-0.2, -0.15) is 0 Å². The van der Waals surface area contributed by atoms with Gasteiger partial charge in [-0.15, -0.1) is 0 Å². The third-order valence-corrected chi connectivity index (χ3v) is 5.58. The lowest BCUT2D eigenvalue weighted by atomic mass is 10.2. The average molecular weight is 430 g/mol. The summed E-state index contributed by atoms with van der Waals surface area (Å²) in [4.78, 5) is 31.3. The highest BCUT2D eigenvalue weighted by atomic mass is 32.2. The predicted octanol–water partition coefficient (Wildman–Crippen LogP) is 4.59. The molecule has 3 rings (SSSR count). The highest BCUT2D eigenvalue weighted by molar-refractivity contribution is 8.15. The fourth-order valence-corrected chi connectivity index (χ4v) is 4.02. The van der Waals surface area contributed by atoms with Gasteiger partial charge in [0.1, 0.15) is 16.8 Å². The van der Waals surface area contributed by atoms with Gasteiger partial charge in [0.25, 0.3) is 0 Å². The highest BCUT2D eigenvalue weighted by Gasteiger charge is 2.35. The van der Waals surface area contributed by atoms with E-state index >= 15 is 0 Å². The molecule has 0 spiro atoms. The summed E-state index contributed by atoms with van der Waals surface area (Å²) in [6, 6.07) is 12.8. The maximum absolute atomic E-state index is 13.2. The number of carbonyl (C=O) groups excluding carboxylic acids is 2. The van der Waals surface area contributed by atoms with Crippen molar-refractivity contribution in [3.63, 3.8) is 0 Å². The zero-order valence-electron chi connectivity index (χ0n) is 16.9. The van der Waals surface area contributed by atoms with Crippen LogP contribution in [0.5, 0.6) is 5.75 Å². The zero-order chi connectivity index (χ0) is 21.5. The molecule has 0 aliphatic carbocycles. The number of anilines is 1. The van der Waals surface area contributed by atoms with E-state index in [0.717, 1.165) is 12.2 Å². The number of thioether (sulfide) groups is 1. The summed E-state index contributed by atoms with van der Waals surface area (Å²) in [5.74, 6) is -0.0508. The van der Waals surface area contributed by atoms with Crippen molar-refractivity contribution in [1.82, 2.24) is 4.90 Å². The molecule has 0 unspecified atom stereocenters. The molecule has 1 atom stereocenters. The van der Waals surface area contributed by atoms with E-state index in [-0.39, 0.29) is 24.1 Å². The molecule has 158 valence electrons. The molecule has 0 aromatic heterocycles. The Hall–Kier alpha value is -2.87. The Balaban J connectivity index is 1.71. The van der Waals surface area contributed by atoms with Crippen LogP contribution in [0.4, 0.5) is 15.8 Å².